The van der Waals surface area contributed by atoms with E-state index in [9.17, 15) is 0 Å². The summed E-state index contributed by atoms with van der Waals surface area (Å²) >= 11 is 5.84. The van der Waals surface area contributed by atoms with Gasteiger partial charge in [0.2, 0.25) is 0 Å². The van der Waals surface area contributed by atoms with Crippen LogP contribution in [0.2, 0.25) is 5.15 Å². The minimum absolute atomic E-state index is 0.235. The smallest absolute Gasteiger partial charge is 0.144 e. The van der Waals surface area contributed by atoms with E-state index < -0.39 is 0 Å². The van der Waals surface area contributed by atoms with Gasteiger partial charge in [-0.15, -0.1) is 0 Å². The van der Waals surface area contributed by atoms with Crippen LogP contribution in [0.1, 0.15) is 31.0 Å². The van der Waals surface area contributed by atoms with Gasteiger partial charge in [-0.3, -0.25) is 4.68 Å². The summed E-state index contributed by atoms with van der Waals surface area (Å²) in [5.74, 6) is 0.235. The van der Waals surface area contributed by atoms with Crippen molar-refractivity contribution in [2.45, 2.75) is 19.8 Å². The van der Waals surface area contributed by atoms with Crippen molar-refractivity contribution in [3.8, 4) is 6.07 Å². The standard InChI is InChI=1S/C8H10ClN3/c1-5(2)7-6(4-10)8(9)12(3)11-7/h5H,1-3H3. The van der Waals surface area contributed by atoms with Crippen molar-refractivity contribution in [1.29, 1.82) is 5.26 Å². The van der Waals surface area contributed by atoms with E-state index in [-0.39, 0.29) is 5.92 Å². The first kappa shape index (κ1) is 9.08. The van der Waals surface area contributed by atoms with Gasteiger partial charge in [0, 0.05) is 7.05 Å². The number of aryl methyl sites for hydroxylation is 1. The zero-order valence-electron chi connectivity index (χ0n) is 7.30. The van der Waals surface area contributed by atoms with E-state index in [4.69, 9.17) is 16.9 Å². The largest absolute Gasteiger partial charge is 0.255 e. The van der Waals surface area contributed by atoms with Gasteiger partial charge >= 0.3 is 0 Å². The van der Waals surface area contributed by atoms with Gasteiger partial charge in [-0.1, -0.05) is 25.4 Å². The first-order chi connectivity index (χ1) is 5.57. The second-order valence-electron chi connectivity index (χ2n) is 2.94. The van der Waals surface area contributed by atoms with E-state index in [1.807, 2.05) is 13.8 Å². The van der Waals surface area contributed by atoms with Crippen molar-refractivity contribution in [2.75, 3.05) is 0 Å². The summed E-state index contributed by atoms with van der Waals surface area (Å²) in [4.78, 5) is 0. The summed E-state index contributed by atoms with van der Waals surface area (Å²) < 4.78 is 1.52. The molecule has 3 nitrogen and oxygen atoms in total. The molecule has 0 fully saturated rings. The lowest BCUT2D eigenvalue weighted by Gasteiger charge is -1.97. The number of hydrogen-bond acceptors (Lipinski definition) is 2. The van der Waals surface area contributed by atoms with Crippen molar-refractivity contribution < 1.29 is 0 Å². The molecule has 0 unspecified atom stereocenters. The maximum Gasteiger partial charge on any atom is 0.144 e. The fourth-order valence-electron chi connectivity index (χ4n) is 1.03. The molecule has 1 aromatic rings. The van der Waals surface area contributed by atoms with E-state index in [1.165, 1.54) is 4.68 Å². The Morgan fingerprint density at radius 2 is 2.17 bits per heavy atom. The number of rotatable bonds is 1. The van der Waals surface area contributed by atoms with Crippen molar-refractivity contribution in [3.05, 3.63) is 16.4 Å². The third-order valence-corrected chi connectivity index (χ3v) is 2.10. The maximum atomic E-state index is 8.77. The Morgan fingerprint density at radius 3 is 2.50 bits per heavy atom. The molecular weight excluding hydrogens is 174 g/mol. The van der Waals surface area contributed by atoms with Crippen LogP contribution in [-0.4, -0.2) is 9.78 Å². The van der Waals surface area contributed by atoms with E-state index in [1.54, 1.807) is 7.05 Å². The highest BCUT2D eigenvalue weighted by atomic mass is 35.5. The SMILES string of the molecule is CC(C)c1nn(C)c(Cl)c1C#N. The van der Waals surface area contributed by atoms with Gasteiger partial charge in [0.05, 0.1) is 5.69 Å². The van der Waals surface area contributed by atoms with Crippen LogP contribution in [0.15, 0.2) is 0 Å². The highest BCUT2D eigenvalue weighted by Crippen LogP contribution is 2.23. The van der Waals surface area contributed by atoms with Crippen LogP contribution in [0.5, 0.6) is 0 Å². The fraction of sp³-hybridized carbons (Fsp3) is 0.500. The normalized spacial score (nSPS) is 10.3. The van der Waals surface area contributed by atoms with E-state index >= 15 is 0 Å². The van der Waals surface area contributed by atoms with Gasteiger partial charge in [-0.2, -0.15) is 10.4 Å². The van der Waals surface area contributed by atoms with Crippen LogP contribution >= 0.6 is 11.6 Å². The highest BCUT2D eigenvalue weighted by molar-refractivity contribution is 6.30. The lowest BCUT2D eigenvalue weighted by Crippen LogP contribution is -1.93. The Balaban J connectivity index is 3.32. The predicted octanol–water partition coefficient (Wildman–Crippen LogP) is 2.07. The minimum Gasteiger partial charge on any atom is -0.255 e. The quantitative estimate of drug-likeness (QED) is 0.669. The predicted molar refractivity (Wildman–Crippen MR) is 47.0 cm³/mol. The summed E-state index contributed by atoms with van der Waals surface area (Å²) in [5.41, 5.74) is 1.26. The minimum atomic E-state index is 0.235. The molecule has 0 atom stereocenters. The molecule has 0 spiro atoms. The molecule has 0 aliphatic carbocycles. The van der Waals surface area contributed by atoms with Crippen LogP contribution in [0.4, 0.5) is 0 Å². The molecule has 64 valence electrons. The number of halogens is 1. The zero-order valence-corrected chi connectivity index (χ0v) is 8.05. The first-order valence-corrected chi connectivity index (χ1v) is 4.08. The second-order valence-corrected chi connectivity index (χ2v) is 3.30. The lowest BCUT2D eigenvalue weighted by atomic mass is 10.1. The summed E-state index contributed by atoms with van der Waals surface area (Å²) in [7, 11) is 1.73. The Kier molecular flexibility index (Phi) is 2.39. The maximum absolute atomic E-state index is 8.77. The number of aromatic nitrogens is 2. The molecule has 0 aliphatic heterocycles. The molecule has 1 rings (SSSR count). The molecule has 0 aliphatic rings. The number of nitriles is 1. The molecule has 1 aromatic heterocycles. The molecule has 4 heteroatoms. The third kappa shape index (κ3) is 1.30. The van der Waals surface area contributed by atoms with Gasteiger partial charge in [0.15, 0.2) is 0 Å². The summed E-state index contributed by atoms with van der Waals surface area (Å²) in [6.07, 6.45) is 0. The van der Waals surface area contributed by atoms with Crippen molar-refractivity contribution in [2.24, 2.45) is 7.05 Å². The number of hydrogen-bond donors (Lipinski definition) is 0. The average Bonchev–Trinajstić information content (AvgIpc) is 2.29. The van der Waals surface area contributed by atoms with E-state index in [0.29, 0.717) is 10.7 Å². The van der Waals surface area contributed by atoms with Crippen LogP contribution in [0, 0.1) is 11.3 Å². The fourth-order valence-corrected chi connectivity index (χ4v) is 1.21. The summed E-state index contributed by atoms with van der Waals surface area (Å²) in [6, 6.07) is 2.05. The Hall–Kier alpha value is -1.01. The van der Waals surface area contributed by atoms with E-state index in [2.05, 4.69) is 11.2 Å². The molecule has 1 heterocycles. The summed E-state index contributed by atoms with van der Waals surface area (Å²) in [6.45, 7) is 3.97. The van der Waals surface area contributed by atoms with Gasteiger partial charge in [0.25, 0.3) is 0 Å². The van der Waals surface area contributed by atoms with E-state index in [0.717, 1.165) is 5.69 Å². The molecule has 0 radical (unpaired) electrons. The monoisotopic (exact) mass is 183 g/mol. The zero-order chi connectivity index (χ0) is 9.30. The topological polar surface area (TPSA) is 41.6 Å². The highest BCUT2D eigenvalue weighted by Gasteiger charge is 2.16. The van der Waals surface area contributed by atoms with Gasteiger partial charge in [-0.25, -0.2) is 0 Å². The van der Waals surface area contributed by atoms with Gasteiger partial charge in [0.1, 0.15) is 16.8 Å². The van der Waals surface area contributed by atoms with Crippen LogP contribution in [0.25, 0.3) is 0 Å². The molecule has 0 N–H and O–H groups in total. The molecule has 0 saturated carbocycles. The Bertz CT molecular complexity index is 333. The first-order valence-electron chi connectivity index (χ1n) is 3.70. The second kappa shape index (κ2) is 3.16. The molecule has 0 bridgehead atoms. The molecule has 0 amide bonds. The van der Waals surface area contributed by atoms with Crippen LogP contribution < -0.4 is 0 Å². The lowest BCUT2D eigenvalue weighted by molar-refractivity contribution is 0.713. The Morgan fingerprint density at radius 1 is 1.58 bits per heavy atom. The number of nitrogens with zero attached hydrogens (tertiary/aromatic N) is 3. The molecule has 0 aromatic carbocycles. The van der Waals surface area contributed by atoms with Crippen LogP contribution in [0.3, 0.4) is 0 Å². The average molecular weight is 184 g/mol. The van der Waals surface area contributed by atoms with Crippen molar-refractivity contribution in [1.82, 2.24) is 9.78 Å². The molecule has 0 saturated heterocycles. The molecule has 12 heavy (non-hydrogen) atoms. The van der Waals surface area contributed by atoms with Crippen LogP contribution in [-0.2, 0) is 7.05 Å². The van der Waals surface area contributed by atoms with Gasteiger partial charge < -0.3 is 0 Å². The molecular formula is C8H10ClN3. The third-order valence-electron chi connectivity index (χ3n) is 1.66. The summed E-state index contributed by atoms with van der Waals surface area (Å²) in [5, 5.41) is 13.3. The van der Waals surface area contributed by atoms with Crippen molar-refractivity contribution >= 4 is 11.6 Å². The Labute approximate surface area is 76.6 Å². The van der Waals surface area contributed by atoms with Crippen molar-refractivity contribution in [3.63, 3.8) is 0 Å². The van der Waals surface area contributed by atoms with Gasteiger partial charge in [-0.05, 0) is 5.92 Å².